The number of hydrogen-bond acceptors (Lipinski definition) is 2. The number of benzene rings is 8. The molecule has 2 heterocycles. The van der Waals surface area contributed by atoms with Gasteiger partial charge in [0.15, 0.2) is 0 Å². The van der Waals surface area contributed by atoms with E-state index < -0.39 is 0 Å². The van der Waals surface area contributed by atoms with Crippen molar-refractivity contribution in [3.63, 3.8) is 0 Å². The Morgan fingerprint density at radius 3 is 1.07 bits per heavy atom. The Hall–Kier alpha value is -5.28. The van der Waals surface area contributed by atoms with Crippen LogP contribution in [0.5, 0.6) is 0 Å². The first kappa shape index (κ1) is 26.0. The molecule has 46 heavy (non-hydrogen) atoms. The van der Waals surface area contributed by atoms with Gasteiger partial charge in [-0.15, -0.1) is 22.7 Å². The summed E-state index contributed by atoms with van der Waals surface area (Å²) in [7, 11) is 0. The quantitative estimate of drug-likeness (QED) is 0.185. The zero-order valence-electron chi connectivity index (χ0n) is 24.8. The summed E-state index contributed by atoms with van der Waals surface area (Å²) in [5.74, 6) is 0. The highest BCUT2D eigenvalue weighted by Gasteiger charge is 2.13. The Balaban J connectivity index is 1.06. The highest BCUT2D eigenvalue weighted by molar-refractivity contribution is 7.27. The predicted molar refractivity (Wildman–Crippen MR) is 204 cm³/mol. The summed E-state index contributed by atoms with van der Waals surface area (Å²) in [6.07, 6.45) is 0. The molecule has 0 saturated heterocycles. The standard InChI is InChI=1S/C44H26S2/c1-3-7-27(8-4-1)29-11-17-35-33(23-29)15-21-39-37-19-13-31(25-41(37)45-43(35)39)32-14-20-38-40-22-16-34-24-30(28-9-5-2-6-10-28)12-18-36(34)44(40)46-42(38)26-32/h1-26H. The maximum Gasteiger partial charge on any atom is 0.0433 e. The number of thiophene rings is 2. The van der Waals surface area contributed by atoms with E-state index >= 15 is 0 Å². The van der Waals surface area contributed by atoms with E-state index in [0.717, 1.165) is 0 Å². The van der Waals surface area contributed by atoms with Crippen LogP contribution in [0.25, 0.3) is 95.3 Å². The molecule has 2 aromatic heterocycles. The molecular weight excluding hydrogens is 593 g/mol. The van der Waals surface area contributed by atoms with E-state index in [9.17, 15) is 0 Å². The van der Waals surface area contributed by atoms with E-state index in [2.05, 4.69) is 158 Å². The van der Waals surface area contributed by atoms with E-state index in [1.165, 1.54) is 95.3 Å². The molecule has 0 fully saturated rings. The Morgan fingerprint density at radius 1 is 0.261 bits per heavy atom. The summed E-state index contributed by atoms with van der Waals surface area (Å²) in [5, 5.41) is 10.6. The van der Waals surface area contributed by atoms with E-state index in [1.54, 1.807) is 0 Å². The molecule has 0 aliphatic carbocycles. The van der Waals surface area contributed by atoms with Crippen LogP contribution in [0.4, 0.5) is 0 Å². The van der Waals surface area contributed by atoms with Crippen LogP contribution in [-0.4, -0.2) is 0 Å². The molecular formula is C44H26S2. The zero-order chi connectivity index (χ0) is 30.2. The highest BCUT2D eigenvalue weighted by Crippen LogP contribution is 2.43. The second kappa shape index (κ2) is 10.1. The van der Waals surface area contributed by atoms with Crippen LogP contribution in [0, 0.1) is 0 Å². The van der Waals surface area contributed by atoms with E-state index in [4.69, 9.17) is 0 Å². The Labute approximate surface area is 274 Å². The van der Waals surface area contributed by atoms with Gasteiger partial charge in [0.2, 0.25) is 0 Å². The Morgan fingerprint density at radius 2 is 0.630 bits per heavy atom. The second-order valence-electron chi connectivity index (χ2n) is 12.1. The lowest BCUT2D eigenvalue weighted by Gasteiger charge is -2.05. The third-order valence-electron chi connectivity index (χ3n) is 9.46. The van der Waals surface area contributed by atoms with Crippen molar-refractivity contribution in [3.8, 4) is 33.4 Å². The van der Waals surface area contributed by atoms with Crippen LogP contribution in [0.3, 0.4) is 0 Å². The molecule has 0 aliphatic rings. The summed E-state index contributed by atoms with van der Waals surface area (Å²) >= 11 is 3.83. The molecule has 0 saturated carbocycles. The van der Waals surface area contributed by atoms with E-state index in [0.29, 0.717) is 0 Å². The average Bonchev–Trinajstić information content (AvgIpc) is 3.70. The van der Waals surface area contributed by atoms with Crippen molar-refractivity contribution in [2.75, 3.05) is 0 Å². The van der Waals surface area contributed by atoms with Crippen molar-refractivity contribution < 1.29 is 0 Å². The zero-order valence-corrected chi connectivity index (χ0v) is 26.5. The van der Waals surface area contributed by atoms with Gasteiger partial charge in [-0.05, 0) is 79.2 Å². The fourth-order valence-electron chi connectivity index (χ4n) is 7.10. The van der Waals surface area contributed by atoms with Gasteiger partial charge in [0, 0.05) is 40.3 Å². The number of hydrogen-bond donors (Lipinski definition) is 0. The van der Waals surface area contributed by atoms with Gasteiger partial charge in [-0.25, -0.2) is 0 Å². The molecule has 0 unspecified atom stereocenters. The van der Waals surface area contributed by atoms with Gasteiger partial charge in [-0.1, -0.05) is 133 Å². The molecule has 214 valence electrons. The molecule has 0 radical (unpaired) electrons. The van der Waals surface area contributed by atoms with Crippen LogP contribution >= 0.6 is 22.7 Å². The van der Waals surface area contributed by atoms with Crippen LogP contribution in [0.2, 0.25) is 0 Å². The Kier molecular flexibility index (Phi) is 5.72. The fourth-order valence-corrected chi connectivity index (χ4v) is 9.66. The van der Waals surface area contributed by atoms with Crippen molar-refractivity contribution in [1.82, 2.24) is 0 Å². The first-order valence-electron chi connectivity index (χ1n) is 15.7. The SMILES string of the molecule is c1ccc(-c2ccc3c(ccc4c5ccc(-c6ccc7c(c6)sc6c8ccc(-c9ccccc9)cc8ccc76)cc5sc34)c2)cc1. The minimum absolute atomic E-state index is 1.26. The van der Waals surface area contributed by atoms with Gasteiger partial charge >= 0.3 is 0 Å². The molecule has 0 nitrogen and oxygen atoms in total. The van der Waals surface area contributed by atoms with Crippen LogP contribution in [0.1, 0.15) is 0 Å². The van der Waals surface area contributed by atoms with Gasteiger partial charge in [0.25, 0.3) is 0 Å². The molecule has 0 aliphatic heterocycles. The first-order chi connectivity index (χ1) is 22.8. The summed E-state index contributed by atoms with van der Waals surface area (Å²) in [5.41, 5.74) is 7.57. The van der Waals surface area contributed by atoms with Crippen LogP contribution in [-0.2, 0) is 0 Å². The molecule has 0 amide bonds. The molecule has 0 N–H and O–H groups in total. The maximum absolute atomic E-state index is 2.39. The summed E-state index contributed by atoms with van der Waals surface area (Å²) in [4.78, 5) is 0. The average molecular weight is 619 g/mol. The fraction of sp³-hybridized carbons (Fsp3) is 0. The van der Waals surface area contributed by atoms with Gasteiger partial charge in [-0.2, -0.15) is 0 Å². The Bertz CT molecular complexity index is 2590. The minimum Gasteiger partial charge on any atom is -0.135 e. The maximum atomic E-state index is 2.39. The van der Waals surface area contributed by atoms with Crippen LogP contribution < -0.4 is 0 Å². The molecule has 8 aromatic carbocycles. The van der Waals surface area contributed by atoms with E-state index in [-0.39, 0.29) is 0 Å². The van der Waals surface area contributed by atoms with Gasteiger partial charge < -0.3 is 0 Å². The van der Waals surface area contributed by atoms with Crippen molar-refractivity contribution in [1.29, 1.82) is 0 Å². The van der Waals surface area contributed by atoms with Gasteiger partial charge in [0.1, 0.15) is 0 Å². The largest absolute Gasteiger partial charge is 0.135 e. The molecule has 10 aromatic rings. The number of rotatable bonds is 3. The summed E-state index contributed by atoms with van der Waals surface area (Å²) in [6, 6.07) is 58.3. The van der Waals surface area contributed by atoms with Gasteiger partial charge in [0.05, 0.1) is 0 Å². The molecule has 2 heteroatoms. The molecule has 0 bridgehead atoms. The summed E-state index contributed by atoms with van der Waals surface area (Å²) in [6.45, 7) is 0. The van der Waals surface area contributed by atoms with Gasteiger partial charge in [-0.3, -0.25) is 0 Å². The lowest BCUT2D eigenvalue weighted by molar-refractivity contribution is 1.65. The third-order valence-corrected chi connectivity index (χ3v) is 11.9. The lowest BCUT2D eigenvalue weighted by Crippen LogP contribution is -1.79. The lowest BCUT2D eigenvalue weighted by atomic mass is 9.98. The monoisotopic (exact) mass is 618 g/mol. The summed E-state index contributed by atoms with van der Waals surface area (Å²) < 4.78 is 5.41. The smallest absolute Gasteiger partial charge is 0.0433 e. The third kappa shape index (κ3) is 4.04. The van der Waals surface area contributed by atoms with Crippen molar-refractivity contribution in [2.24, 2.45) is 0 Å². The number of fused-ring (bicyclic) bond motifs is 10. The highest BCUT2D eigenvalue weighted by atomic mass is 32.1. The predicted octanol–water partition coefficient (Wildman–Crippen LogP) is 13.7. The first-order valence-corrected chi connectivity index (χ1v) is 17.3. The van der Waals surface area contributed by atoms with Crippen molar-refractivity contribution in [3.05, 3.63) is 158 Å². The van der Waals surface area contributed by atoms with E-state index in [1.807, 2.05) is 22.7 Å². The normalized spacial score (nSPS) is 11.9. The minimum atomic E-state index is 1.26. The second-order valence-corrected chi connectivity index (χ2v) is 14.2. The van der Waals surface area contributed by atoms with Crippen LogP contribution in [0.15, 0.2) is 158 Å². The molecule has 10 rings (SSSR count). The molecule has 0 atom stereocenters. The molecule has 0 spiro atoms. The van der Waals surface area contributed by atoms with Crippen molar-refractivity contribution >= 4 is 84.6 Å². The topological polar surface area (TPSA) is 0 Å². The van der Waals surface area contributed by atoms with Crippen molar-refractivity contribution in [2.45, 2.75) is 0 Å².